The van der Waals surface area contributed by atoms with Crippen molar-refractivity contribution in [3.8, 4) is 0 Å². The molecule has 1 heterocycles. The van der Waals surface area contributed by atoms with E-state index in [9.17, 15) is 4.79 Å². The lowest BCUT2D eigenvalue weighted by atomic mass is 10.1. The van der Waals surface area contributed by atoms with E-state index in [0.29, 0.717) is 18.1 Å². The van der Waals surface area contributed by atoms with E-state index >= 15 is 0 Å². The Kier molecular flexibility index (Phi) is 2.65. The van der Waals surface area contributed by atoms with E-state index in [1.165, 1.54) is 0 Å². The van der Waals surface area contributed by atoms with Gasteiger partial charge >= 0.3 is 5.97 Å². The largest absolute Gasteiger partial charge is 0.478 e. The van der Waals surface area contributed by atoms with Gasteiger partial charge in [0.1, 0.15) is 0 Å². The van der Waals surface area contributed by atoms with Crippen LogP contribution in [0.5, 0.6) is 0 Å². The molecule has 1 unspecified atom stereocenters. The first-order valence-corrected chi connectivity index (χ1v) is 3.69. The van der Waals surface area contributed by atoms with E-state index < -0.39 is 5.97 Å². The molecule has 1 fully saturated rings. The van der Waals surface area contributed by atoms with E-state index in [-0.39, 0.29) is 0 Å². The minimum Gasteiger partial charge on any atom is -0.478 e. The van der Waals surface area contributed by atoms with Gasteiger partial charge in [-0.2, -0.15) is 0 Å². The van der Waals surface area contributed by atoms with Crippen molar-refractivity contribution in [1.82, 2.24) is 0 Å². The standard InChI is InChI=1S/C8H12O3/c1-6(8(9)10)4-7-2-3-11-5-7/h4,7H,2-3,5H2,1H3,(H,9,10). The maximum atomic E-state index is 10.4. The second-order valence-corrected chi connectivity index (χ2v) is 2.78. The first-order chi connectivity index (χ1) is 5.20. The molecule has 3 nitrogen and oxygen atoms in total. The van der Waals surface area contributed by atoms with Gasteiger partial charge in [-0.1, -0.05) is 6.08 Å². The molecule has 0 aromatic heterocycles. The average Bonchev–Trinajstić information content (AvgIpc) is 2.39. The van der Waals surface area contributed by atoms with Crippen LogP contribution in [0.2, 0.25) is 0 Å². The lowest BCUT2D eigenvalue weighted by molar-refractivity contribution is -0.132. The van der Waals surface area contributed by atoms with Gasteiger partial charge in [-0.15, -0.1) is 0 Å². The Morgan fingerprint density at radius 3 is 2.91 bits per heavy atom. The van der Waals surface area contributed by atoms with Crippen molar-refractivity contribution >= 4 is 5.97 Å². The maximum Gasteiger partial charge on any atom is 0.330 e. The Bertz CT molecular complexity index is 178. The van der Waals surface area contributed by atoms with Crippen molar-refractivity contribution in [2.45, 2.75) is 13.3 Å². The summed E-state index contributed by atoms with van der Waals surface area (Å²) in [6.45, 7) is 3.04. The van der Waals surface area contributed by atoms with Gasteiger partial charge in [0.25, 0.3) is 0 Å². The van der Waals surface area contributed by atoms with Gasteiger partial charge in [-0.25, -0.2) is 4.79 Å². The van der Waals surface area contributed by atoms with Crippen LogP contribution in [0, 0.1) is 5.92 Å². The monoisotopic (exact) mass is 156 g/mol. The van der Waals surface area contributed by atoms with Crippen LogP contribution in [0.1, 0.15) is 13.3 Å². The summed E-state index contributed by atoms with van der Waals surface area (Å²) in [5.74, 6) is -0.525. The lowest BCUT2D eigenvalue weighted by Crippen LogP contribution is -2.01. The Morgan fingerprint density at radius 2 is 2.45 bits per heavy atom. The third kappa shape index (κ3) is 2.35. The molecular weight excluding hydrogens is 144 g/mol. The molecule has 0 aromatic carbocycles. The summed E-state index contributed by atoms with van der Waals surface area (Å²) in [4.78, 5) is 10.4. The van der Waals surface area contributed by atoms with E-state index in [1.54, 1.807) is 13.0 Å². The highest BCUT2D eigenvalue weighted by Gasteiger charge is 2.14. The molecule has 0 aliphatic carbocycles. The number of hydrogen-bond donors (Lipinski definition) is 1. The van der Waals surface area contributed by atoms with E-state index in [0.717, 1.165) is 13.0 Å². The topological polar surface area (TPSA) is 46.5 Å². The highest BCUT2D eigenvalue weighted by atomic mass is 16.5. The summed E-state index contributed by atoms with van der Waals surface area (Å²) in [5, 5.41) is 8.53. The summed E-state index contributed by atoms with van der Waals surface area (Å²) in [5.41, 5.74) is 0.417. The number of hydrogen-bond acceptors (Lipinski definition) is 2. The van der Waals surface area contributed by atoms with Gasteiger partial charge < -0.3 is 9.84 Å². The van der Waals surface area contributed by atoms with Crippen LogP contribution in [-0.2, 0) is 9.53 Å². The highest BCUT2D eigenvalue weighted by Crippen LogP contribution is 2.15. The van der Waals surface area contributed by atoms with Crippen molar-refractivity contribution in [2.75, 3.05) is 13.2 Å². The van der Waals surface area contributed by atoms with Gasteiger partial charge in [0.15, 0.2) is 0 Å². The van der Waals surface area contributed by atoms with Gasteiger partial charge in [-0.3, -0.25) is 0 Å². The molecule has 62 valence electrons. The molecule has 11 heavy (non-hydrogen) atoms. The maximum absolute atomic E-state index is 10.4. The molecular formula is C8H12O3. The molecule has 1 aliphatic heterocycles. The van der Waals surface area contributed by atoms with E-state index in [4.69, 9.17) is 9.84 Å². The van der Waals surface area contributed by atoms with Gasteiger partial charge in [0, 0.05) is 18.1 Å². The summed E-state index contributed by atoms with van der Waals surface area (Å²) in [6.07, 6.45) is 2.72. The predicted octanol–water partition coefficient (Wildman–Crippen LogP) is 1.05. The summed E-state index contributed by atoms with van der Waals surface area (Å²) in [6, 6.07) is 0. The SMILES string of the molecule is CC(=CC1CCOC1)C(=O)O. The van der Waals surface area contributed by atoms with Crippen LogP contribution in [0.4, 0.5) is 0 Å². The molecule has 0 saturated carbocycles. The van der Waals surface area contributed by atoms with Crippen LogP contribution in [0.15, 0.2) is 11.6 Å². The van der Waals surface area contributed by atoms with Crippen molar-refractivity contribution in [3.05, 3.63) is 11.6 Å². The molecule has 0 aromatic rings. The zero-order chi connectivity index (χ0) is 8.27. The van der Waals surface area contributed by atoms with Crippen molar-refractivity contribution < 1.29 is 14.6 Å². The molecule has 1 aliphatic rings. The molecule has 0 bridgehead atoms. The molecule has 1 saturated heterocycles. The first kappa shape index (κ1) is 8.27. The average molecular weight is 156 g/mol. The minimum absolute atomic E-state index is 0.311. The first-order valence-electron chi connectivity index (χ1n) is 3.69. The lowest BCUT2D eigenvalue weighted by Gasteiger charge is -1.99. The molecule has 0 radical (unpaired) electrons. The Balaban J connectivity index is 2.49. The van der Waals surface area contributed by atoms with E-state index in [2.05, 4.69) is 0 Å². The van der Waals surface area contributed by atoms with Crippen LogP contribution in [0.3, 0.4) is 0 Å². The summed E-state index contributed by atoms with van der Waals surface area (Å²) < 4.78 is 5.10. The van der Waals surface area contributed by atoms with Crippen LogP contribution < -0.4 is 0 Å². The number of carboxylic acid groups (broad SMARTS) is 1. The van der Waals surface area contributed by atoms with Crippen LogP contribution in [0.25, 0.3) is 0 Å². The fourth-order valence-corrected chi connectivity index (χ4v) is 1.11. The molecule has 0 amide bonds. The van der Waals surface area contributed by atoms with Gasteiger partial charge in [-0.05, 0) is 13.3 Å². The van der Waals surface area contributed by atoms with E-state index in [1.807, 2.05) is 0 Å². The number of aliphatic carboxylic acids is 1. The number of rotatable bonds is 2. The quantitative estimate of drug-likeness (QED) is 0.608. The normalized spacial score (nSPS) is 25.5. The second-order valence-electron chi connectivity index (χ2n) is 2.78. The number of carboxylic acids is 1. The summed E-state index contributed by atoms with van der Waals surface area (Å²) in [7, 11) is 0. The molecule has 1 rings (SSSR count). The Labute approximate surface area is 65.7 Å². The number of carbonyl (C=O) groups is 1. The van der Waals surface area contributed by atoms with Crippen molar-refractivity contribution in [1.29, 1.82) is 0 Å². The Morgan fingerprint density at radius 1 is 1.73 bits per heavy atom. The predicted molar refractivity (Wildman–Crippen MR) is 40.3 cm³/mol. The summed E-state index contributed by atoms with van der Waals surface area (Å²) >= 11 is 0. The fourth-order valence-electron chi connectivity index (χ4n) is 1.11. The van der Waals surface area contributed by atoms with Crippen LogP contribution in [-0.4, -0.2) is 24.3 Å². The molecule has 1 atom stereocenters. The van der Waals surface area contributed by atoms with Crippen LogP contribution >= 0.6 is 0 Å². The minimum atomic E-state index is -0.836. The third-order valence-electron chi connectivity index (χ3n) is 1.79. The van der Waals surface area contributed by atoms with Gasteiger partial charge in [0.05, 0.1) is 6.61 Å². The Hall–Kier alpha value is -0.830. The number of ether oxygens (including phenoxy) is 1. The van der Waals surface area contributed by atoms with Gasteiger partial charge in [0.2, 0.25) is 0 Å². The zero-order valence-corrected chi connectivity index (χ0v) is 6.54. The van der Waals surface area contributed by atoms with Crippen molar-refractivity contribution in [2.24, 2.45) is 5.92 Å². The fraction of sp³-hybridized carbons (Fsp3) is 0.625. The molecule has 0 spiro atoms. The highest BCUT2D eigenvalue weighted by molar-refractivity contribution is 5.85. The van der Waals surface area contributed by atoms with Crippen molar-refractivity contribution in [3.63, 3.8) is 0 Å². The molecule has 3 heteroatoms. The smallest absolute Gasteiger partial charge is 0.330 e. The second kappa shape index (κ2) is 3.53. The molecule has 1 N–H and O–H groups in total. The third-order valence-corrected chi connectivity index (χ3v) is 1.79. The zero-order valence-electron chi connectivity index (χ0n) is 6.54.